The molecule has 2 atom stereocenters. The van der Waals surface area contributed by atoms with Crippen molar-refractivity contribution >= 4 is 22.6 Å². The van der Waals surface area contributed by atoms with Gasteiger partial charge in [0.25, 0.3) is 0 Å². The smallest absolute Gasteiger partial charge is 0.240 e. The maximum atomic E-state index is 12.2. The molecule has 2 aromatic carbocycles. The van der Waals surface area contributed by atoms with E-state index in [0.29, 0.717) is 4.90 Å². The normalized spacial score (nSPS) is 13.0. The number of hydrogen-bond acceptors (Lipinski definition) is 3. The molecule has 0 aliphatic carbocycles. The second-order valence-corrected chi connectivity index (χ2v) is 6.91. The van der Waals surface area contributed by atoms with Crippen molar-refractivity contribution in [2.75, 3.05) is 5.75 Å². The van der Waals surface area contributed by atoms with Gasteiger partial charge in [0, 0.05) is 10.6 Å². The number of rotatable bonds is 8. The first-order valence-corrected chi connectivity index (χ1v) is 8.94. The molecule has 0 bridgehead atoms. The number of nitrogens with one attached hydrogen (secondary N) is 1. The minimum Gasteiger partial charge on any atom is -0.368 e. The predicted octanol–water partition coefficient (Wildman–Crippen LogP) is 1.40. The number of carbonyl (C=O) groups excluding carboxylic acids is 2. The highest BCUT2D eigenvalue weighted by Gasteiger charge is 2.19. The van der Waals surface area contributed by atoms with Crippen molar-refractivity contribution in [1.29, 1.82) is 0 Å². The lowest BCUT2D eigenvalue weighted by molar-refractivity contribution is -0.127. The van der Waals surface area contributed by atoms with Crippen molar-refractivity contribution in [2.24, 2.45) is 5.73 Å². The van der Waals surface area contributed by atoms with Crippen LogP contribution in [0.3, 0.4) is 0 Å². The Balaban J connectivity index is 1.89. The van der Waals surface area contributed by atoms with Gasteiger partial charge in [0.1, 0.15) is 6.04 Å². The molecule has 0 fully saturated rings. The maximum absolute atomic E-state index is 12.2. The van der Waals surface area contributed by atoms with Crippen molar-refractivity contribution in [1.82, 2.24) is 5.32 Å². The van der Waals surface area contributed by atoms with E-state index in [-0.39, 0.29) is 24.5 Å². The molecule has 0 radical (unpaired) electrons. The van der Waals surface area contributed by atoms with Crippen molar-refractivity contribution in [3.8, 4) is 0 Å². The molecule has 3 N–H and O–H groups in total. The van der Waals surface area contributed by atoms with E-state index in [9.17, 15) is 13.8 Å². The van der Waals surface area contributed by atoms with Crippen LogP contribution in [0, 0.1) is 0 Å². The molecular formula is C18H20N2O3S. The van der Waals surface area contributed by atoms with Gasteiger partial charge >= 0.3 is 0 Å². The van der Waals surface area contributed by atoms with Crippen LogP contribution in [0.25, 0.3) is 0 Å². The van der Waals surface area contributed by atoms with Crippen LogP contribution in [0.4, 0.5) is 0 Å². The van der Waals surface area contributed by atoms with Gasteiger partial charge in [0.05, 0.1) is 17.2 Å². The van der Waals surface area contributed by atoms with Crippen LogP contribution in [0.15, 0.2) is 65.6 Å². The molecule has 2 rings (SSSR count). The lowest BCUT2D eigenvalue weighted by Crippen LogP contribution is -2.45. The van der Waals surface area contributed by atoms with Crippen LogP contribution in [0.1, 0.15) is 12.0 Å². The molecule has 0 saturated carbocycles. The molecule has 6 heteroatoms. The SMILES string of the molecule is NC(=O)[C@@H](CC[S@](=O)c1ccccc1)NC(=O)Cc1ccccc1. The van der Waals surface area contributed by atoms with E-state index in [0.717, 1.165) is 5.56 Å². The van der Waals surface area contributed by atoms with Gasteiger partial charge in [-0.2, -0.15) is 0 Å². The summed E-state index contributed by atoms with van der Waals surface area (Å²) in [6, 6.07) is 17.4. The van der Waals surface area contributed by atoms with Crippen molar-refractivity contribution < 1.29 is 13.8 Å². The first kappa shape index (κ1) is 17.9. The molecule has 0 aliphatic heterocycles. The summed E-state index contributed by atoms with van der Waals surface area (Å²) in [7, 11) is -1.23. The Morgan fingerprint density at radius 2 is 1.58 bits per heavy atom. The van der Waals surface area contributed by atoms with E-state index < -0.39 is 22.7 Å². The van der Waals surface area contributed by atoms with E-state index in [1.54, 1.807) is 24.3 Å². The number of benzene rings is 2. The minimum absolute atomic E-state index is 0.173. The Bertz CT molecular complexity index is 705. The Morgan fingerprint density at radius 1 is 1.00 bits per heavy atom. The highest BCUT2D eigenvalue weighted by Crippen LogP contribution is 2.08. The minimum atomic E-state index is -1.23. The molecule has 0 spiro atoms. The molecule has 0 heterocycles. The third-order valence-corrected chi connectivity index (χ3v) is 4.89. The van der Waals surface area contributed by atoms with Crippen LogP contribution >= 0.6 is 0 Å². The zero-order valence-corrected chi connectivity index (χ0v) is 14.0. The van der Waals surface area contributed by atoms with Crippen molar-refractivity contribution in [3.63, 3.8) is 0 Å². The number of amides is 2. The summed E-state index contributed by atoms with van der Waals surface area (Å²) in [4.78, 5) is 24.3. The molecule has 2 amide bonds. The average molecular weight is 344 g/mol. The summed E-state index contributed by atoms with van der Waals surface area (Å²) >= 11 is 0. The van der Waals surface area contributed by atoms with Crippen LogP contribution in [-0.2, 0) is 26.8 Å². The lowest BCUT2D eigenvalue weighted by atomic mass is 10.1. The second-order valence-electron chi connectivity index (χ2n) is 5.34. The molecule has 5 nitrogen and oxygen atoms in total. The number of nitrogens with two attached hydrogens (primary N) is 1. The summed E-state index contributed by atoms with van der Waals surface area (Å²) in [5.41, 5.74) is 6.20. The second kappa shape index (κ2) is 8.98. The van der Waals surface area contributed by atoms with Gasteiger partial charge in [0.15, 0.2) is 0 Å². The molecule has 2 aromatic rings. The number of hydrogen-bond donors (Lipinski definition) is 2. The fourth-order valence-electron chi connectivity index (χ4n) is 2.23. The van der Waals surface area contributed by atoms with Crippen LogP contribution in [0.5, 0.6) is 0 Å². The Labute approximate surface area is 143 Å². The zero-order chi connectivity index (χ0) is 17.4. The molecular weight excluding hydrogens is 324 g/mol. The molecule has 24 heavy (non-hydrogen) atoms. The molecule has 0 aromatic heterocycles. The van der Waals surface area contributed by atoms with Gasteiger partial charge in [-0.05, 0) is 24.1 Å². The highest BCUT2D eigenvalue weighted by atomic mass is 32.2. The molecule has 0 saturated heterocycles. The first-order chi connectivity index (χ1) is 11.6. The first-order valence-electron chi connectivity index (χ1n) is 7.62. The van der Waals surface area contributed by atoms with Crippen LogP contribution in [0.2, 0.25) is 0 Å². The third kappa shape index (κ3) is 5.62. The summed E-state index contributed by atoms with van der Waals surface area (Å²) < 4.78 is 12.2. The monoisotopic (exact) mass is 344 g/mol. The van der Waals surface area contributed by atoms with Gasteiger partial charge < -0.3 is 11.1 Å². The van der Waals surface area contributed by atoms with E-state index in [4.69, 9.17) is 5.73 Å². The highest BCUT2D eigenvalue weighted by molar-refractivity contribution is 7.85. The summed E-state index contributed by atoms with van der Waals surface area (Å²) in [6.45, 7) is 0. The van der Waals surface area contributed by atoms with E-state index in [1.807, 2.05) is 36.4 Å². The number of primary amides is 1. The molecule has 0 unspecified atom stereocenters. The Kier molecular flexibility index (Phi) is 6.69. The van der Waals surface area contributed by atoms with E-state index >= 15 is 0 Å². The van der Waals surface area contributed by atoms with E-state index in [1.165, 1.54) is 0 Å². The quantitative estimate of drug-likeness (QED) is 0.758. The topological polar surface area (TPSA) is 89.3 Å². The molecule has 126 valence electrons. The van der Waals surface area contributed by atoms with E-state index in [2.05, 4.69) is 5.32 Å². The zero-order valence-electron chi connectivity index (χ0n) is 13.2. The largest absolute Gasteiger partial charge is 0.368 e. The van der Waals surface area contributed by atoms with Crippen molar-refractivity contribution in [2.45, 2.75) is 23.8 Å². The average Bonchev–Trinajstić information content (AvgIpc) is 2.59. The predicted molar refractivity (Wildman–Crippen MR) is 93.6 cm³/mol. The third-order valence-electron chi connectivity index (χ3n) is 3.48. The summed E-state index contributed by atoms with van der Waals surface area (Å²) in [6.07, 6.45) is 0.407. The standard InChI is InChI=1S/C18H20N2O3S/c19-18(22)16(11-12-24(23)15-9-5-2-6-10-15)20-17(21)13-14-7-3-1-4-8-14/h1-10,16H,11-13H2,(H2,19,22)(H,20,21)/t16-,24+/m1/s1. The van der Waals surface area contributed by atoms with Crippen LogP contribution in [-0.4, -0.2) is 27.8 Å². The lowest BCUT2D eigenvalue weighted by Gasteiger charge is -2.15. The maximum Gasteiger partial charge on any atom is 0.240 e. The Morgan fingerprint density at radius 3 is 2.17 bits per heavy atom. The Hall–Kier alpha value is -2.47. The fraction of sp³-hybridized carbons (Fsp3) is 0.222. The van der Waals surface area contributed by atoms with Gasteiger partial charge in [-0.1, -0.05) is 48.5 Å². The van der Waals surface area contributed by atoms with Crippen LogP contribution < -0.4 is 11.1 Å². The fourth-order valence-corrected chi connectivity index (χ4v) is 3.37. The summed E-state index contributed by atoms with van der Waals surface area (Å²) in [5.74, 6) is -0.652. The summed E-state index contributed by atoms with van der Waals surface area (Å²) in [5, 5.41) is 2.62. The molecule has 0 aliphatic rings. The van der Waals surface area contributed by atoms with Gasteiger partial charge in [-0.3, -0.25) is 13.8 Å². The van der Waals surface area contributed by atoms with Gasteiger partial charge in [-0.25, -0.2) is 0 Å². The number of carbonyl (C=O) groups is 2. The van der Waals surface area contributed by atoms with Gasteiger partial charge in [0.2, 0.25) is 11.8 Å². The van der Waals surface area contributed by atoms with Gasteiger partial charge in [-0.15, -0.1) is 0 Å². The van der Waals surface area contributed by atoms with Crippen molar-refractivity contribution in [3.05, 3.63) is 66.2 Å².